The van der Waals surface area contributed by atoms with E-state index in [1.165, 1.54) is 18.2 Å². The van der Waals surface area contributed by atoms with Gasteiger partial charge in [-0.15, -0.1) is 0 Å². The van der Waals surface area contributed by atoms with Crippen molar-refractivity contribution in [2.24, 2.45) is 5.16 Å². The number of rotatable bonds is 6. The van der Waals surface area contributed by atoms with E-state index in [0.717, 1.165) is 0 Å². The molecule has 4 N–H and O–H groups in total. The van der Waals surface area contributed by atoms with Crippen LogP contribution in [0.5, 0.6) is 0 Å². The zero-order valence-electron chi connectivity index (χ0n) is 13.7. The number of carbonyl (C=O) groups excluding carboxylic acids is 1. The van der Waals surface area contributed by atoms with Gasteiger partial charge in [0.15, 0.2) is 11.6 Å². The molecule has 1 aromatic heterocycles. The van der Waals surface area contributed by atoms with Gasteiger partial charge in [0.1, 0.15) is 11.9 Å². The van der Waals surface area contributed by atoms with E-state index in [2.05, 4.69) is 47.3 Å². The summed E-state index contributed by atoms with van der Waals surface area (Å²) in [7, 11) is 0. The van der Waals surface area contributed by atoms with Crippen LogP contribution in [-0.4, -0.2) is 46.5 Å². The van der Waals surface area contributed by atoms with E-state index in [0.29, 0.717) is 25.2 Å². The molecule has 12 heteroatoms. The Bertz CT molecular complexity index is 898. The Balaban J connectivity index is 1.62. The summed E-state index contributed by atoms with van der Waals surface area (Å²) in [6, 6.07) is 4.19. The molecule has 1 aliphatic heterocycles. The minimum absolute atomic E-state index is 0.0396. The van der Waals surface area contributed by atoms with Crippen molar-refractivity contribution in [2.45, 2.75) is 12.5 Å². The summed E-state index contributed by atoms with van der Waals surface area (Å²) in [5, 5.41) is 28.5. The molecule has 1 aliphatic rings. The minimum atomic E-state index is -0.426. The molecule has 2 heterocycles. The summed E-state index contributed by atoms with van der Waals surface area (Å²) < 4.78 is 23.6. The predicted octanol–water partition coefficient (Wildman–Crippen LogP) is 1.68. The highest BCUT2D eigenvalue weighted by molar-refractivity contribution is 9.10. The zero-order chi connectivity index (χ0) is 19.2. The van der Waals surface area contributed by atoms with E-state index in [-0.39, 0.29) is 33.8 Å². The quantitative estimate of drug-likeness (QED) is 0.174. The van der Waals surface area contributed by atoms with E-state index in [1.807, 2.05) is 0 Å². The number of amidine groups is 1. The van der Waals surface area contributed by atoms with Gasteiger partial charge in [0, 0.05) is 18.7 Å². The van der Waals surface area contributed by atoms with Gasteiger partial charge in [0.25, 0.3) is 5.88 Å². The van der Waals surface area contributed by atoms with E-state index in [4.69, 9.17) is 9.37 Å². The summed E-state index contributed by atoms with van der Waals surface area (Å²) >= 11 is 3.08. The molecular weight excluding hydrogens is 427 g/mol. The van der Waals surface area contributed by atoms with E-state index >= 15 is 0 Å². The second-order valence-corrected chi connectivity index (χ2v) is 6.29. The van der Waals surface area contributed by atoms with Gasteiger partial charge in [-0.2, -0.15) is 0 Å². The monoisotopic (exact) mass is 440 g/mol. The van der Waals surface area contributed by atoms with Gasteiger partial charge in [-0.1, -0.05) is 5.16 Å². The van der Waals surface area contributed by atoms with Crippen molar-refractivity contribution < 1.29 is 23.8 Å². The maximum absolute atomic E-state index is 13.3. The highest BCUT2D eigenvalue weighted by Gasteiger charge is 2.22. The lowest BCUT2D eigenvalue weighted by molar-refractivity contribution is 0.164. The Morgan fingerprint density at radius 3 is 3.07 bits per heavy atom. The van der Waals surface area contributed by atoms with Crippen LogP contribution >= 0.6 is 15.9 Å². The normalized spacial score (nSPS) is 16.4. The fourth-order valence-electron chi connectivity index (χ4n) is 2.33. The fourth-order valence-corrected chi connectivity index (χ4v) is 2.71. The molecule has 0 amide bonds. The Labute approximate surface area is 160 Å². The second-order valence-electron chi connectivity index (χ2n) is 5.43. The number of nitrogens with zero attached hydrogens (tertiary/aromatic N) is 3. The highest BCUT2D eigenvalue weighted by Crippen LogP contribution is 2.21. The summed E-state index contributed by atoms with van der Waals surface area (Å²) in [5.41, 5.74) is 0.598. The van der Waals surface area contributed by atoms with Gasteiger partial charge in [0.05, 0.1) is 11.0 Å². The Hall–Kier alpha value is -3.11. The lowest BCUT2D eigenvalue weighted by Crippen LogP contribution is -2.20. The molecule has 27 heavy (non-hydrogen) atoms. The van der Waals surface area contributed by atoms with Gasteiger partial charge in [0.2, 0.25) is 11.7 Å². The average Bonchev–Trinajstić information content (AvgIpc) is 3.32. The highest BCUT2D eigenvalue weighted by atomic mass is 79.9. The third kappa shape index (κ3) is 4.54. The number of oxime groups is 1. The van der Waals surface area contributed by atoms with Crippen LogP contribution in [0.1, 0.15) is 12.1 Å². The van der Waals surface area contributed by atoms with Crippen LogP contribution in [0.4, 0.5) is 15.9 Å². The van der Waals surface area contributed by atoms with Crippen LogP contribution in [0.25, 0.3) is 0 Å². The van der Waals surface area contributed by atoms with Gasteiger partial charge in [-0.05, 0) is 44.4 Å². The van der Waals surface area contributed by atoms with Crippen molar-refractivity contribution in [3.63, 3.8) is 0 Å². The summed E-state index contributed by atoms with van der Waals surface area (Å²) in [6.07, 6.45) is 0.381. The summed E-state index contributed by atoms with van der Waals surface area (Å²) in [6.45, 7) is 0.932. The molecule has 1 saturated heterocycles. The van der Waals surface area contributed by atoms with Crippen LogP contribution in [0.3, 0.4) is 0 Å². The molecule has 0 aliphatic carbocycles. The van der Waals surface area contributed by atoms with Gasteiger partial charge in [-0.3, -0.25) is 0 Å². The first-order valence-electron chi connectivity index (χ1n) is 7.77. The van der Waals surface area contributed by atoms with Crippen molar-refractivity contribution in [1.82, 2.24) is 15.6 Å². The molecule has 1 fully saturated rings. The van der Waals surface area contributed by atoms with E-state index < -0.39 is 5.82 Å². The molecule has 1 aromatic carbocycles. The van der Waals surface area contributed by atoms with Crippen LogP contribution in [0.15, 0.2) is 38.3 Å². The Morgan fingerprint density at radius 1 is 1.52 bits per heavy atom. The average molecular weight is 441 g/mol. The number of anilines is 2. The molecule has 0 bridgehead atoms. The number of halogens is 2. The molecule has 1 atom stereocenters. The maximum atomic E-state index is 13.3. The van der Waals surface area contributed by atoms with Gasteiger partial charge < -0.3 is 25.9 Å². The lowest BCUT2D eigenvalue weighted by atomic mass is 10.2. The van der Waals surface area contributed by atoms with E-state index in [9.17, 15) is 14.4 Å². The van der Waals surface area contributed by atoms with Crippen LogP contribution in [0, 0.1) is 5.82 Å². The maximum Gasteiger partial charge on any atom is 0.275 e. The largest absolute Gasteiger partial charge is 0.466 e. The van der Waals surface area contributed by atoms with Gasteiger partial charge in [-0.25, -0.2) is 13.8 Å². The topological polar surface area (TPSA) is 134 Å². The van der Waals surface area contributed by atoms with Crippen molar-refractivity contribution in [1.29, 1.82) is 0 Å². The molecule has 10 nitrogen and oxygen atoms in total. The van der Waals surface area contributed by atoms with Crippen molar-refractivity contribution in [3.05, 3.63) is 40.1 Å². The zero-order valence-corrected chi connectivity index (χ0v) is 15.3. The number of ether oxygens (including phenoxy) is 1. The molecular formula is C15H14BrFN6O4. The number of aromatic nitrogens is 2. The molecule has 0 radical (unpaired) electrons. The molecule has 1 unspecified atom stereocenters. The Kier molecular flexibility index (Phi) is 5.89. The number of hydrogen-bond acceptors (Lipinski definition) is 9. The lowest BCUT2D eigenvalue weighted by Gasteiger charge is -2.10. The van der Waals surface area contributed by atoms with Crippen molar-refractivity contribution >= 4 is 39.2 Å². The predicted molar refractivity (Wildman–Crippen MR) is 95.5 cm³/mol. The molecule has 3 rings (SSSR count). The van der Waals surface area contributed by atoms with E-state index in [1.54, 1.807) is 5.94 Å². The SMILES string of the molecule is O=C=C1NCC(CCNc2nonc2C(=NO)Nc2ccc(F)c(Br)c2)O1. The summed E-state index contributed by atoms with van der Waals surface area (Å²) in [4.78, 5) is 10.5. The smallest absolute Gasteiger partial charge is 0.275 e. The fraction of sp³-hybridized carbons (Fsp3) is 0.267. The first kappa shape index (κ1) is 18.7. The van der Waals surface area contributed by atoms with Crippen molar-refractivity contribution in [2.75, 3.05) is 23.7 Å². The minimum Gasteiger partial charge on any atom is -0.466 e. The van der Waals surface area contributed by atoms with Crippen molar-refractivity contribution in [3.8, 4) is 0 Å². The molecule has 0 saturated carbocycles. The van der Waals surface area contributed by atoms with Gasteiger partial charge >= 0.3 is 0 Å². The Morgan fingerprint density at radius 2 is 2.37 bits per heavy atom. The second kappa shape index (κ2) is 8.52. The third-order valence-corrected chi connectivity index (χ3v) is 4.23. The molecule has 2 aromatic rings. The first-order valence-corrected chi connectivity index (χ1v) is 8.56. The standard InChI is InChI=1S/C15H14BrFN6O4/c16-10-5-8(1-2-11(10)17)20-15(21-25)13-14(23-27-22-13)18-4-3-9-6-19-12(7-24)26-9/h1-2,5,9,19,25H,3-4,6H2,(H,18,23)(H,20,21). The van der Waals surface area contributed by atoms with Crippen LogP contribution in [-0.2, 0) is 9.53 Å². The van der Waals surface area contributed by atoms with Crippen LogP contribution in [0.2, 0.25) is 0 Å². The number of benzene rings is 1. The number of hydrogen-bond donors (Lipinski definition) is 4. The number of nitrogens with one attached hydrogen (secondary N) is 3. The molecule has 0 spiro atoms. The molecule has 142 valence electrons. The third-order valence-electron chi connectivity index (χ3n) is 3.62. The van der Waals surface area contributed by atoms with Crippen LogP contribution < -0.4 is 16.0 Å². The summed E-state index contributed by atoms with van der Waals surface area (Å²) in [5.74, 6) is 1.53. The first-order chi connectivity index (χ1) is 13.1.